The third kappa shape index (κ3) is 3.43. The topological polar surface area (TPSA) is 165 Å². The Labute approximate surface area is 106 Å². The fourth-order valence-corrected chi connectivity index (χ4v) is 1.13. The van der Waals surface area contributed by atoms with Crippen LogP contribution in [0.15, 0.2) is 18.2 Å². The van der Waals surface area contributed by atoms with Crippen LogP contribution in [-0.2, 0) is 4.79 Å². The molecule has 0 radical (unpaired) electrons. The fourth-order valence-electron chi connectivity index (χ4n) is 1.13. The second-order valence-electron chi connectivity index (χ2n) is 3.43. The number of hydrogen-bond donors (Lipinski definition) is 2. The molecule has 0 aliphatic carbocycles. The predicted octanol–water partition coefficient (Wildman–Crippen LogP) is -0.306. The Bertz CT molecular complexity index is 531. The summed E-state index contributed by atoms with van der Waals surface area (Å²) in [5, 5.41) is 21.3. The summed E-state index contributed by atoms with van der Waals surface area (Å²) in [6, 6.07) is 1.49. The number of rotatable bonds is 5. The van der Waals surface area contributed by atoms with Crippen LogP contribution in [0.5, 0.6) is 5.75 Å². The van der Waals surface area contributed by atoms with E-state index in [0.29, 0.717) is 6.07 Å². The fraction of sp³-hybridized carbons (Fsp3) is 0.222. The highest BCUT2D eigenvalue weighted by atomic mass is 16.6. The Morgan fingerprint density at radius 2 is 1.95 bits per heavy atom. The minimum atomic E-state index is -1.13. The standard InChI is InChI=1S/C9H10N4O6/c10-4-6(11)9(14)19-8-2-1-5(12(15)16)3-7(8)13(17)18/h1-3,6H,4,10-11H2. The zero-order chi connectivity index (χ0) is 14.6. The molecule has 1 aromatic rings. The lowest BCUT2D eigenvalue weighted by atomic mass is 10.2. The molecule has 4 N–H and O–H groups in total. The van der Waals surface area contributed by atoms with Crippen LogP contribution in [0.3, 0.4) is 0 Å². The molecule has 1 aromatic carbocycles. The van der Waals surface area contributed by atoms with Crippen molar-refractivity contribution in [3.05, 3.63) is 38.4 Å². The summed E-state index contributed by atoms with van der Waals surface area (Å²) >= 11 is 0. The van der Waals surface area contributed by atoms with Gasteiger partial charge >= 0.3 is 11.7 Å². The molecule has 1 rings (SSSR count). The lowest BCUT2D eigenvalue weighted by molar-refractivity contribution is -0.394. The molecule has 0 aromatic heterocycles. The Kier molecular flexibility index (Phi) is 4.45. The SMILES string of the molecule is NCC(N)C(=O)Oc1ccc([N+](=O)[O-])cc1[N+](=O)[O-]. The summed E-state index contributed by atoms with van der Waals surface area (Å²) in [4.78, 5) is 30.9. The van der Waals surface area contributed by atoms with Gasteiger partial charge in [0.25, 0.3) is 5.69 Å². The maximum absolute atomic E-state index is 11.4. The van der Waals surface area contributed by atoms with Crippen molar-refractivity contribution in [1.82, 2.24) is 0 Å². The van der Waals surface area contributed by atoms with Gasteiger partial charge in [-0.25, -0.2) is 4.79 Å². The van der Waals surface area contributed by atoms with Crippen molar-refractivity contribution in [3.8, 4) is 5.75 Å². The minimum absolute atomic E-state index is 0.195. The first-order valence-electron chi connectivity index (χ1n) is 4.97. The molecule has 0 aliphatic rings. The van der Waals surface area contributed by atoms with Gasteiger partial charge in [-0.05, 0) is 6.07 Å². The van der Waals surface area contributed by atoms with Crippen LogP contribution < -0.4 is 16.2 Å². The van der Waals surface area contributed by atoms with Gasteiger partial charge in [-0.3, -0.25) is 20.2 Å². The van der Waals surface area contributed by atoms with Crippen molar-refractivity contribution < 1.29 is 19.4 Å². The van der Waals surface area contributed by atoms with Crippen molar-refractivity contribution in [2.45, 2.75) is 6.04 Å². The highest BCUT2D eigenvalue weighted by Crippen LogP contribution is 2.31. The van der Waals surface area contributed by atoms with Gasteiger partial charge in [-0.2, -0.15) is 0 Å². The maximum Gasteiger partial charge on any atom is 0.329 e. The number of carbonyl (C=O) groups excluding carboxylic acids is 1. The molecule has 1 atom stereocenters. The van der Waals surface area contributed by atoms with E-state index < -0.39 is 39.0 Å². The molecule has 0 fully saturated rings. The van der Waals surface area contributed by atoms with Crippen LogP contribution in [0.2, 0.25) is 0 Å². The second-order valence-corrected chi connectivity index (χ2v) is 3.43. The predicted molar refractivity (Wildman–Crippen MR) is 62.4 cm³/mol. The van der Waals surface area contributed by atoms with E-state index in [1.165, 1.54) is 0 Å². The van der Waals surface area contributed by atoms with Crippen molar-refractivity contribution in [2.75, 3.05) is 6.54 Å². The first kappa shape index (κ1) is 14.5. The van der Waals surface area contributed by atoms with Crippen LogP contribution in [0.4, 0.5) is 11.4 Å². The quantitative estimate of drug-likeness (QED) is 0.318. The van der Waals surface area contributed by atoms with Gasteiger partial charge < -0.3 is 16.2 Å². The molecule has 0 aliphatic heterocycles. The normalized spacial score (nSPS) is 11.7. The van der Waals surface area contributed by atoms with Crippen molar-refractivity contribution in [3.63, 3.8) is 0 Å². The number of nitrogens with zero attached hydrogens (tertiary/aromatic N) is 2. The highest BCUT2D eigenvalue weighted by Gasteiger charge is 2.24. The summed E-state index contributed by atoms with van der Waals surface area (Å²) in [6.45, 7) is -0.195. The number of nitro groups is 2. The van der Waals surface area contributed by atoms with Crippen molar-refractivity contribution in [2.24, 2.45) is 11.5 Å². The first-order valence-corrected chi connectivity index (χ1v) is 4.97. The number of ether oxygens (including phenoxy) is 1. The zero-order valence-corrected chi connectivity index (χ0v) is 9.52. The Morgan fingerprint density at radius 1 is 1.32 bits per heavy atom. The van der Waals surface area contributed by atoms with Crippen LogP contribution in [0.25, 0.3) is 0 Å². The summed E-state index contributed by atoms with van der Waals surface area (Å²) in [5.74, 6) is -1.39. The molecule has 0 saturated heterocycles. The minimum Gasteiger partial charge on any atom is -0.418 e. The second kappa shape index (κ2) is 5.84. The van der Waals surface area contributed by atoms with E-state index in [1.807, 2.05) is 0 Å². The molecular weight excluding hydrogens is 260 g/mol. The number of esters is 1. The van der Waals surface area contributed by atoms with Crippen molar-refractivity contribution in [1.29, 1.82) is 0 Å². The lowest BCUT2D eigenvalue weighted by Gasteiger charge is -2.08. The van der Waals surface area contributed by atoms with E-state index in [2.05, 4.69) is 4.74 Å². The summed E-state index contributed by atoms with van der Waals surface area (Å²) in [7, 11) is 0. The summed E-state index contributed by atoms with van der Waals surface area (Å²) in [6.07, 6.45) is 0. The van der Waals surface area contributed by atoms with E-state index in [9.17, 15) is 25.0 Å². The molecule has 102 valence electrons. The Balaban J connectivity index is 3.10. The molecule has 10 heteroatoms. The largest absolute Gasteiger partial charge is 0.418 e. The lowest BCUT2D eigenvalue weighted by Crippen LogP contribution is -2.40. The van der Waals surface area contributed by atoms with Gasteiger partial charge in [0.15, 0.2) is 0 Å². The van der Waals surface area contributed by atoms with Crippen molar-refractivity contribution >= 4 is 17.3 Å². The molecule has 0 spiro atoms. The number of nitro benzene ring substituents is 2. The van der Waals surface area contributed by atoms with Crippen LogP contribution >= 0.6 is 0 Å². The number of carbonyl (C=O) groups is 1. The smallest absolute Gasteiger partial charge is 0.329 e. The summed E-state index contributed by atoms with van der Waals surface area (Å²) < 4.78 is 4.69. The third-order valence-corrected chi connectivity index (χ3v) is 2.12. The molecule has 0 bridgehead atoms. The molecule has 0 heterocycles. The van der Waals surface area contributed by atoms with Gasteiger partial charge in [0.05, 0.1) is 15.9 Å². The highest BCUT2D eigenvalue weighted by molar-refractivity contribution is 5.79. The molecule has 0 saturated carbocycles. The third-order valence-electron chi connectivity index (χ3n) is 2.12. The van der Waals surface area contributed by atoms with Crippen LogP contribution in [0, 0.1) is 20.2 Å². The van der Waals surface area contributed by atoms with Crippen LogP contribution in [0.1, 0.15) is 0 Å². The van der Waals surface area contributed by atoms with E-state index >= 15 is 0 Å². The number of hydrogen-bond acceptors (Lipinski definition) is 8. The van der Waals surface area contributed by atoms with E-state index in [-0.39, 0.29) is 6.54 Å². The molecule has 10 nitrogen and oxygen atoms in total. The monoisotopic (exact) mass is 270 g/mol. The Hall–Kier alpha value is -2.59. The molecular formula is C9H10N4O6. The zero-order valence-electron chi connectivity index (χ0n) is 9.52. The van der Waals surface area contributed by atoms with Gasteiger partial charge in [-0.1, -0.05) is 0 Å². The van der Waals surface area contributed by atoms with E-state index in [4.69, 9.17) is 11.5 Å². The molecule has 1 unspecified atom stereocenters. The van der Waals surface area contributed by atoms with Gasteiger partial charge in [0, 0.05) is 12.6 Å². The number of non-ortho nitro benzene ring substituents is 1. The Morgan fingerprint density at radius 3 is 2.42 bits per heavy atom. The van der Waals surface area contributed by atoms with Gasteiger partial charge in [-0.15, -0.1) is 0 Å². The molecule has 0 amide bonds. The average molecular weight is 270 g/mol. The summed E-state index contributed by atoms with van der Waals surface area (Å²) in [5.41, 5.74) is 9.24. The van der Waals surface area contributed by atoms with E-state index in [0.717, 1.165) is 12.1 Å². The molecule has 19 heavy (non-hydrogen) atoms. The van der Waals surface area contributed by atoms with E-state index in [1.54, 1.807) is 0 Å². The number of nitrogens with two attached hydrogens (primary N) is 2. The first-order chi connectivity index (χ1) is 8.86. The maximum atomic E-state index is 11.4. The average Bonchev–Trinajstić information content (AvgIpc) is 2.37. The number of benzene rings is 1. The van der Waals surface area contributed by atoms with Gasteiger partial charge in [0.1, 0.15) is 6.04 Å². The van der Waals surface area contributed by atoms with Crippen LogP contribution in [-0.4, -0.2) is 28.4 Å². The van der Waals surface area contributed by atoms with Gasteiger partial charge in [0.2, 0.25) is 5.75 Å².